The van der Waals surface area contributed by atoms with Gasteiger partial charge in [0.2, 0.25) is 10.0 Å². The van der Waals surface area contributed by atoms with Crippen molar-refractivity contribution < 1.29 is 18.3 Å². The monoisotopic (exact) mass is 316 g/mol. The molecule has 0 bridgehead atoms. The van der Waals surface area contributed by atoms with Crippen molar-refractivity contribution in [2.24, 2.45) is 5.92 Å². The molecule has 1 aromatic rings. The Labute approximate surface area is 126 Å². The summed E-state index contributed by atoms with van der Waals surface area (Å²) >= 11 is 0. The van der Waals surface area contributed by atoms with Crippen LogP contribution in [0, 0.1) is 5.92 Å². The Balaban J connectivity index is 2.81. The van der Waals surface area contributed by atoms with Gasteiger partial charge in [-0.05, 0) is 30.9 Å². The van der Waals surface area contributed by atoms with Crippen LogP contribution in [-0.2, 0) is 10.0 Å². The van der Waals surface area contributed by atoms with E-state index in [0.29, 0.717) is 18.7 Å². The number of ether oxygens (including phenoxy) is 1. The van der Waals surface area contributed by atoms with E-state index in [1.165, 1.54) is 19.2 Å². The average molecular weight is 316 g/mol. The van der Waals surface area contributed by atoms with Crippen molar-refractivity contribution in [2.75, 3.05) is 26.0 Å². The molecule has 0 aliphatic rings. The van der Waals surface area contributed by atoms with E-state index in [2.05, 4.69) is 4.72 Å². The van der Waals surface area contributed by atoms with Crippen molar-refractivity contribution in [2.45, 2.75) is 31.1 Å². The van der Waals surface area contributed by atoms with Gasteiger partial charge in [0.15, 0.2) is 0 Å². The molecular weight excluding hydrogens is 292 g/mol. The second-order valence-corrected chi connectivity index (χ2v) is 6.66. The fraction of sp³-hybridized carbons (Fsp3) is 0.571. The van der Waals surface area contributed by atoms with Gasteiger partial charge >= 0.3 is 0 Å². The molecule has 1 unspecified atom stereocenters. The molecule has 1 atom stereocenters. The van der Waals surface area contributed by atoms with Gasteiger partial charge in [-0.3, -0.25) is 0 Å². The van der Waals surface area contributed by atoms with Gasteiger partial charge < -0.3 is 15.6 Å². The topological polar surface area (TPSA) is 102 Å². The smallest absolute Gasteiger partial charge is 0.242 e. The van der Waals surface area contributed by atoms with Crippen LogP contribution in [0.4, 0.5) is 5.69 Å². The molecule has 1 aromatic carbocycles. The molecule has 4 N–H and O–H groups in total. The number of aliphatic hydroxyl groups is 1. The van der Waals surface area contributed by atoms with Crippen LogP contribution in [0.2, 0.25) is 0 Å². The van der Waals surface area contributed by atoms with Crippen LogP contribution in [0.5, 0.6) is 5.75 Å². The lowest BCUT2D eigenvalue weighted by Gasteiger charge is -2.16. The zero-order valence-corrected chi connectivity index (χ0v) is 13.3. The molecule has 6 nitrogen and oxygen atoms in total. The van der Waals surface area contributed by atoms with Gasteiger partial charge in [-0.15, -0.1) is 0 Å². The molecule has 0 spiro atoms. The number of nitrogens with one attached hydrogen (secondary N) is 1. The summed E-state index contributed by atoms with van der Waals surface area (Å²) in [5, 5.41) is 9.00. The Kier molecular flexibility index (Phi) is 6.94. The van der Waals surface area contributed by atoms with Gasteiger partial charge in [0.1, 0.15) is 10.6 Å². The highest BCUT2D eigenvalue weighted by molar-refractivity contribution is 7.89. The number of rotatable bonds is 9. The predicted molar refractivity (Wildman–Crippen MR) is 82.7 cm³/mol. The van der Waals surface area contributed by atoms with Gasteiger partial charge in [-0.2, -0.15) is 0 Å². The number of hydrogen-bond donors (Lipinski definition) is 3. The standard InChI is InChI=1S/C14H24N2O4S/c1-3-4-11(7-8-17)10-16-21(18,19)14-6-5-12(20-2)9-13(14)15/h5-6,9,11,16-17H,3-4,7-8,10,15H2,1-2H3. The second-order valence-electron chi connectivity index (χ2n) is 4.92. The largest absolute Gasteiger partial charge is 0.497 e. The number of nitrogen functional groups attached to an aromatic ring is 1. The van der Waals surface area contributed by atoms with Gasteiger partial charge in [0, 0.05) is 19.2 Å². The maximum Gasteiger partial charge on any atom is 0.242 e. The van der Waals surface area contributed by atoms with E-state index in [1.54, 1.807) is 6.07 Å². The molecular formula is C14H24N2O4S. The van der Waals surface area contributed by atoms with E-state index < -0.39 is 10.0 Å². The number of sulfonamides is 1. The molecule has 7 heteroatoms. The predicted octanol–water partition coefficient (Wildman–Crippen LogP) is 1.35. The summed E-state index contributed by atoms with van der Waals surface area (Å²) in [7, 11) is -2.17. The van der Waals surface area contributed by atoms with Gasteiger partial charge in [0.25, 0.3) is 0 Å². The first kappa shape index (κ1) is 17.7. The van der Waals surface area contributed by atoms with E-state index in [1.807, 2.05) is 6.92 Å². The molecule has 0 amide bonds. The minimum atomic E-state index is -3.66. The number of methoxy groups -OCH3 is 1. The lowest BCUT2D eigenvalue weighted by molar-refractivity contribution is 0.251. The fourth-order valence-electron chi connectivity index (χ4n) is 2.14. The van der Waals surface area contributed by atoms with E-state index in [4.69, 9.17) is 15.6 Å². The van der Waals surface area contributed by atoms with Gasteiger partial charge in [-0.1, -0.05) is 13.3 Å². The number of aliphatic hydroxyl groups excluding tert-OH is 1. The lowest BCUT2D eigenvalue weighted by atomic mass is 10.0. The highest BCUT2D eigenvalue weighted by atomic mass is 32.2. The first-order chi connectivity index (χ1) is 9.94. The summed E-state index contributed by atoms with van der Waals surface area (Å²) in [6, 6.07) is 4.46. The highest BCUT2D eigenvalue weighted by Gasteiger charge is 2.19. The zero-order valence-electron chi connectivity index (χ0n) is 12.5. The SMILES string of the molecule is CCCC(CCO)CNS(=O)(=O)c1ccc(OC)cc1N. The number of anilines is 1. The summed E-state index contributed by atoms with van der Waals surface area (Å²) in [5.74, 6) is 0.629. The van der Waals surface area contributed by atoms with E-state index in [0.717, 1.165) is 12.8 Å². The Bertz CT molecular complexity index is 540. The van der Waals surface area contributed by atoms with Gasteiger partial charge in [0.05, 0.1) is 12.8 Å². The molecule has 0 aliphatic heterocycles. The van der Waals surface area contributed by atoms with Crippen molar-refractivity contribution in [3.63, 3.8) is 0 Å². The Hall–Kier alpha value is -1.31. The second kappa shape index (κ2) is 8.21. The van der Waals surface area contributed by atoms with Crippen molar-refractivity contribution in [3.05, 3.63) is 18.2 Å². The lowest BCUT2D eigenvalue weighted by Crippen LogP contribution is -2.30. The van der Waals surface area contributed by atoms with Crippen molar-refractivity contribution in [1.29, 1.82) is 0 Å². The van der Waals surface area contributed by atoms with Crippen LogP contribution >= 0.6 is 0 Å². The summed E-state index contributed by atoms with van der Waals surface area (Å²) < 4.78 is 32.1. The Morgan fingerprint density at radius 1 is 1.38 bits per heavy atom. The third-order valence-electron chi connectivity index (χ3n) is 3.30. The molecule has 0 heterocycles. The highest BCUT2D eigenvalue weighted by Crippen LogP contribution is 2.23. The maximum atomic E-state index is 12.3. The average Bonchev–Trinajstić information content (AvgIpc) is 2.45. The van der Waals surface area contributed by atoms with E-state index in [9.17, 15) is 8.42 Å². The van der Waals surface area contributed by atoms with Gasteiger partial charge in [-0.25, -0.2) is 13.1 Å². The van der Waals surface area contributed by atoms with Crippen LogP contribution in [0.3, 0.4) is 0 Å². The fourth-order valence-corrected chi connectivity index (χ4v) is 3.37. The maximum absolute atomic E-state index is 12.3. The zero-order chi connectivity index (χ0) is 15.9. The van der Waals surface area contributed by atoms with Crippen LogP contribution in [0.1, 0.15) is 26.2 Å². The minimum absolute atomic E-state index is 0.0440. The molecule has 0 aromatic heterocycles. The van der Waals surface area contributed by atoms with E-state index >= 15 is 0 Å². The first-order valence-corrected chi connectivity index (χ1v) is 8.47. The number of benzene rings is 1. The van der Waals surface area contributed by atoms with E-state index in [-0.39, 0.29) is 23.1 Å². The molecule has 0 saturated carbocycles. The number of hydrogen-bond acceptors (Lipinski definition) is 5. The molecule has 21 heavy (non-hydrogen) atoms. The van der Waals surface area contributed by atoms with Crippen LogP contribution in [0.15, 0.2) is 23.1 Å². The quantitative estimate of drug-likeness (QED) is 0.597. The first-order valence-electron chi connectivity index (χ1n) is 6.98. The number of nitrogens with two attached hydrogens (primary N) is 1. The Morgan fingerprint density at radius 3 is 2.62 bits per heavy atom. The minimum Gasteiger partial charge on any atom is -0.497 e. The van der Waals surface area contributed by atoms with Crippen LogP contribution in [0.25, 0.3) is 0 Å². The van der Waals surface area contributed by atoms with Crippen molar-refractivity contribution in [3.8, 4) is 5.75 Å². The molecule has 120 valence electrons. The summed E-state index contributed by atoms with van der Waals surface area (Å²) in [5.41, 5.74) is 5.92. The normalized spacial score (nSPS) is 13.1. The third kappa shape index (κ3) is 5.18. The molecule has 0 aliphatic carbocycles. The molecule has 0 saturated heterocycles. The van der Waals surface area contributed by atoms with Crippen LogP contribution in [-0.4, -0.2) is 33.8 Å². The molecule has 0 radical (unpaired) electrons. The van der Waals surface area contributed by atoms with Crippen LogP contribution < -0.4 is 15.2 Å². The van der Waals surface area contributed by atoms with Crippen molar-refractivity contribution in [1.82, 2.24) is 4.72 Å². The summed E-state index contributed by atoms with van der Waals surface area (Å²) in [4.78, 5) is 0.0440. The molecule has 0 fully saturated rings. The van der Waals surface area contributed by atoms with Crippen molar-refractivity contribution >= 4 is 15.7 Å². The summed E-state index contributed by atoms with van der Waals surface area (Å²) in [6.07, 6.45) is 2.38. The third-order valence-corrected chi connectivity index (χ3v) is 4.80. The Morgan fingerprint density at radius 2 is 2.10 bits per heavy atom. The summed E-state index contributed by atoms with van der Waals surface area (Å²) in [6.45, 7) is 2.37. The molecule has 1 rings (SSSR count).